The number of fused-ring (bicyclic) bond motifs is 1. The normalized spacial score (nSPS) is 12.3. The molecule has 6 rings (SSSR count). The predicted molar refractivity (Wildman–Crippen MR) is 190 cm³/mol. The van der Waals surface area contributed by atoms with Crippen molar-refractivity contribution in [2.24, 2.45) is 4.99 Å². The number of esters is 1. The minimum absolute atomic E-state index is 0.212. The number of hydrogen-bond acceptors (Lipinski definition) is 6. The summed E-state index contributed by atoms with van der Waals surface area (Å²) in [6.45, 7) is 0. The van der Waals surface area contributed by atoms with E-state index < -0.39 is 76.7 Å². The highest BCUT2D eigenvalue weighted by molar-refractivity contribution is 5.93. The Morgan fingerprint density at radius 1 is 0.709 bits per heavy atom. The lowest BCUT2D eigenvalue weighted by molar-refractivity contribution is -0.142. The second-order valence-corrected chi connectivity index (χ2v) is 12.3. The van der Waals surface area contributed by atoms with Crippen LogP contribution in [0.15, 0.2) is 126 Å². The molecular weight excluding hydrogens is 723 g/mol. The van der Waals surface area contributed by atoms with E-state index in [0.717, 1.165) is 0 Å². The molecule has 5 aromatic carbocycles. The van der Waals surface area contributed by atoms with Crippen LogP contribution in [-0.2, 0) is 31.1 Å². The van der Waals surface area contributed by atoms with Crippen molar-refractivity contribution in [3.05, 3.63) is 173 Å². The van der Waals surface area contributed by atoms with E-state index in [-0.39, 0.29) is 6.42 Å². The quantitative estimate of drug-likeness (QED) is 0.0177. The van der Waals surface area contributed by atoms with Crippen molar-refractivity contribution in [3.63, 3.8) is 0 Å². The molecule has 0 bridgehead atoms. The van der Waals surface area contributed by atoms with Gasteiger partial charge in [-0.15, -0.1) is 0 Å². The van der Waals surface area contributed by atoms with E-state index in [1.165, 1.54) is 6.08 Å². The van der Waals surface area contributed by atoms with Crippen molar-refractivity contribution in [1.82, 2.24) is 15.6 Å². The minimum atomic E-state index is -2.50. The zero-order valence-electron chi connectivity index (χ0n) is 28.5. The largest absolute Gasteiger partial charge is 0.418 e. The van der Waals surface area contributed by atoms with Crippen LogP contribution < -0.4 is 15.4 Å². The van der Waals surface area contributed by atoms with Crippen molar-refractivity contribution < 1.29 is 45.9 Å². The number of rotatable bonds is 13. The highest BCUT2D eigenvalue weighted by Gasteiger charge is 2.40. The zero-order chi connectivity index (χ0) is 39.1. The van der Waals surface area contributed by atoms with Gasteiger partial charge in [-0.2, -0.15) is 13.8 Å². The molecule has 9 nitrogen and oxygen atoms in total. The summed E-state index contributed by atoms with van der Waals surface area (Å²) in [5.41, 5.74) is 1.52. The molecule has 1 aromatic heterocycles. The number of aromatic amines is 1. The fraction of sp³-hybridized carbons (Fsp3) is 0.122. The number of aromatic nitrogens is 1. The SMILES string of the molecule is O=C=N[C@@H](Cc1c[nH]c2ccccc12)C(=O)N[C@@H](CC(=O)NC(c1ccccc1)(c1ccccc1)c1ccccc1)C(=O)Oc1c(F)c(F)c(F)c(F)c1F. The molecule has 55 heavy (non-hydrogen) atoms. The second-order valence-electron chi connectivity index (χ2n) is 12.3. The Bertz CT molecular complexity index is 2280. The summed E-state index contributed by atoms with van der Waals surface area (Å²) in [5, 5.41) is 5.87. The van der Waals surface area contributed by atoms with Crippen molar-refractivity contribution in [1.29, 1.82) is 0 Å². The fourth-order valence-corrected chi connectivity index (χ4v) is 6.30. The van der Waals surface area contributed by atoms with Crippen molar-refractivity contribution in [2.45, 2.75) is 30.5 Å². The number of carbonyl (C=O) groups excluding carboxylic acids is 4. The lowest BCUT2D eigenvalue weighted by Gasteiger charge is -2.37. The average Bonchev–Trinajstić information content (AvgIpc) is 3.63. The monoisotopic (exact) mass is 752 g/mol. The number of amides is 2. The van der Waals surface area contributed by atoms with Crippen molar-refractivity contribution in [3.8, 4) is 5.75 Å². The molecule has 1 heterocycles. The maximum absolute atomic E-state index is 14.7. The standard InChI is InChI=1S/C41H29F5N4O5/c42-33-34(43)36(45)38(37(46)35(33)44)55-40(54)31(49-39(53)30(48-23-51)20-24-22-47-29-19-11-10-18-28(24)29)21-32(52)50-41(25-12-4-1-5-13-25,26-14-6-2-7-15-26)27-16-8-3-9-17-27/h1-19,22,30-31,47H,20-21H2,(H,49,53)(H,50,52)/t30-,31-/m0/s1. The van der Waals surface area contributed by atoms with Crippen molar-refractivity contribution in [2.75, 3.05) is 0 Å². The Kier molecular flexibility index (Phi) is 11.3. The zero-order valence-corrected chi connectivity index (χ0v) is 28.5. The molecule has 6 aromatic rings. The molecule has 0 unspecified atom stereocenters. The molecule has 2 amide bonds. The maximum Gasteiger partial charge on any atom is 0.334 e. The van der Waals surface area contributed by atoms with Crippen LogP contribution in [0.2, 0.25) is 0 Å². The highest BCUT2D eigenvalue weighted by atomic mass is 19.2. The van der Waals surface area contributed by atoms with Gasteiger partial charge in [0, 0.05) is 23.5 Å². The van der Waals surface area contributed by atoms with E-state index in [1.807, 2.05) is 0 Å². The molecule has 14 heteroatoms. The molecule has 0 aliphatic carbocycles. The Labute approximate surface area is 309 Å². The first-order valence-corrected chi connectivity index (χ1v) is 16.7. The molecule has 3 N–H and O–H groups in total. The van der Waals surface area contributed by atoms with Crippen LogP contribution in [0.1, 0.15) is 28.7 Å². The van der Waals surface area contributed by atoms with E-state index in [0.29, 0.717) is 33.2 Å². The number of isocyanates is 1. The second kappa shape index (κ2) is 16.4. The lowest BCUT2D eigenvalue weighted by Crippen LogP contribution is -2.53. The number of H-pyrrole nitrogens is 1. The Morgan fingerprint density at radius 2 is 1.20 bits per heavy atom. The van der Waals surface area contributed by atoms with Crippen LogP contribution >= 0.6 is 0 Å². The number of nitrogens with one attached hydrogen (secondary N) is 3. The van der Waals surface area contributed by atoms with Gasteiger partial charge in [0.05, 0.1) is 6.42 Å². The summed E-state index contributed by atoms with van der Waals surface area (Å²) in [4.78, 5) is 59.7. The number of nitrogens with zero attached hydrogens (tertiary/aromatic N) is 1. The van der Waals surface area contributed by atoms with E-state index in [4.69, 9.17) is 4.74 Å². The summed E-state index contributed by atoms with van der Waals surface area (Å²) in [6.07, 6.45) is 1.67. The molecule has 2 atom stereocenters. The van der Waals surface area contributed by atoms with Gasteiger partial charge < -0.3 is 20.4 Å². The van der Waals surface area contributed by atoms with Gasteiger partial charge in [0.25, 0.3) is 0 Å². The average molecular weight is 753 g/mol. The molecule has 0 saturated heterocycles. The fourth-order valence-electron chi connectivity index (χ4n) is 6.30. The highest BCUT2D eigenvalue weighted by Crippen LogP contribution is 2.37. The van der Waals surface area contributed by atoms with Gasteiger partial charge in [-0.25, -0.2) is 22.8 Å². The number of ether oxygens (including phenoxy) is 1. The van der Waals surface area contributed by atoms with Gasteiger partial charge in [0.1, 0.15) is 17.6 Å². The Balaban J connectivity index is 1.38. The van der Waals surface area contributed by atoms with Gasteiger partial charge in [0.15, 0.2) is 0 Å². The topological polar surface area (TPSA) is 130 Å². The van der Waals surface area contributed by atoms with Crippen LogP contribution in [0, 0.1) is 29.1 Å². The third kappa shape index (κ3) is 7.75. The maximum atomic E-state index is 14.7. The third-order valence-electron chi connectivity index (χ3n) is 8.91. The first-order chi connectivity index (χ1) is 26.5. The van der Waals surface area contributed by atoms with Gasteiger partial charge in [0.2, 0.25) is 52.7 Å². The number of halogens is 5. The van der Waals surface area contributed by atoms with E-state index in [9.17, 15) is 41.1 Å². The predicted octanol–water partition coefficient (Wildman–Crippen LogP) is 6.70. The molecule has 0 radical (unpaired) electrons. The number of aliphatic imine (C=N–C) groups is 1. The van der Waals surface area contributed by atoms with E-state index in [2.05, 4.69) is 20.6 Å². The molecule has 0 aliphatic heterocycles. The Hall–Kier alpha value is -6.92. The van der Waals surface area contributed by atoms with Gasteiger partial charge in [-0.3, -0.25) is 9.59 Å². The molecule has 278 valence electrons. The number of carbonyl (C=O) groups is 3. The molecule has 0 fully saturated rings. The van der Waals surface area contributed by atoms with Crippen molar-refractivity contribution >= 4 is 34.8 Å². The lowest BCUT2D eigenvalue weighted by atomic mass is 9.77. The summed E-state index contributed by atoms with van der Waals surface area (Å²) in [6, 6.07) is 29.6. The molecule has 0 aliphatic rings. The van der Waals surface area contributed by atoms with E-state index >= 15 is 0 Å². The van der Waals surface area contributed by atoms with Crippen LogP contribution in [0.5, 0.6) is 5.75 Å². The van der Waals surface area contributed by atoms with Crippen LogP contribution in [-0.4, -0.2) is 40.9 Å². The summed E-state index contributed by atoms with van der Waals surface area (Å²) < 4.78 is 76.0. The van der Waals surface area contributed by atoms with E-state index in [1.54, 1.807) is 121 Å². The van der Waals surface area contributed by atoms with Gasteiger partial charge >= 0.3 is 5.97 Å². The molecule has 0 saturated carbocycles. The summed E-state index contributed by atoms with van der Waals surface area (Å²) in [5.74, 6) is -18.0. The molecule has 0 spiro atoms. The summed E-state index contributed by atoms with van der Waals surface area (Å²) >= 11 is 0. The summed E-state index contributed by atoms with van der Waals surface area (Å²) in [7, 11) is 0. The Morgan fingerprint density at radius 3 is 1.73 bits per heavy atom. The minimum Gasteiger partial charge on any atom is -0.418 e. The van der Waals surface area contributed by atoms with Crippen LogP contribution in [0.4, 0.5) is 22.0 Å². The van der Waals surface area contributed by atoms with Gasteiger partial charge in [-0.1, -0.05) is 109 Å². The first-order valence-electron chi connectivity index (χ1n) is 16.7. The van der Waals surface area contributed by atoms with Crippen LogP contribution in [0.3, 0.4) is 0 Å². The third-order valence-corrected chi connectivity index (χ3v) is 8.91. The number of benzene rings is 5. The van der Waals surface area contributed by atoms with Gasteiger partial charge in [-0.05, 0) is 28.3 Å². The smallest absolute Gasteiger partial charge is 0.334 e. The first kappa shape index (κ1) is 37.8. The number of para-hydroxylation sites is 1. The van der Waals surface area contributed by atoms with Crippen LogP contribution in [0.25, 0.3) is 10.9 Å². The number of hydrogen-bond donors (Lipinski definition) is 3. The molecular formula is C41H29F5N4O5.